The molecule has 0 atom stereocenters. The van der Waals surface area contributed by atoms with Gasteiger partial charge in [-0.25, -0.2) is 0 Å². The third-order valence-corrected chi connectivity index (χ3v) is 4.09. The average molecular weight is 266 g/mol. The molecule has 6 nitrogen and oxygen atoms in total. The lowest BCUT2D eigenvalue weighted by atomic mass is 9.86. The molecule has 0 amide bonds. The average Bonchev–Trinajstić information content (AvgIpc) is 2.73. The maximum atomic E-state index is 12.2. The van der Waals surface area contributed by atoms with Gasteiger partial charge in [0.25, 0.3) is 10.0 Å². The molecule has 94 valence electrons. The molecule has 0 aliphatic heterocycles. The number of nitrogens with zero attached hydrogens (tertiary/aromatic N) is 2. The van der Waals surface area contributed by atoms with E-state index in [-0.39, 0.29) is 10.5 Å². The molecule has 0 unspecified atom stereocenters. The van der Waals surface area contributed by atoms with Gasteiger partial charge in [0.05, 0.1) is 16.2 Å². The summed E-state index contributed by atoms with van der Waals surface area (Å²) < 4.78 is 25.2. The first-order valence-corrected chi connectivity index (χ1v) is 6.60. The van der Waals surface area contributed by atoms with Gasteiger partial charge >= 0.3 is 7.12 Å². The summed E-state index contributed by atoms with van der Waals surface area (Å²) in [7, 11) is -5.59. The summed E-state index contributed by atoms with van der Waals surface area (Å²) in [5, 5.41) is 21.7. The fourth-order valence-electron chi connectivity index (χ4n) is 1.54. The molecule has 8 heteroatoms. The molecule has 1 aromatic heterocycles. The van der Waals surface area contributed by atoms with Crippen LogP contribution in [0.3, 0.4) is 0 Å². The van der Waals surface area contributed by atoms with Crippen LogP contribution in [0.2, 0.25) is 0 Å². The summed E-state index contributed by atoms with van der Waals surface area (Å²) in [6.07, 6.45) is 0. The predicted molar refractivity (Wildman–Crippen MR) is 65.8 cm³/mol. The van der Waals surface area contributed by atoms with Crippen molar-refractivity contribution in [2.45, 2.75) is 11.8 Å². The molecule has 18 heavy (non-hydrogen) atoms. The lowest BCUT2D eigenvalue weighted by Crippen LogP contribution is -2.32. The highest BCUT2D eigenvalue weighted by molar-refractivity contribution is 7.89. The summed E-state index contributed by atoms with van der Waals surface area (Å²) in [6.45, 7) is 1.53. The summed E-state index contributed by atoms with van der Waals surface area (Å²) in [5.41, 5.74) is 0.203. The fourth-order valence-corrected chi connectivity index (χ4v) is 2.88. The van der Waals surface area contributed by atoms with Crippen molar-refractivity contribution in [1.82, 2.24) is 9.19 Å². The Kier molecular flexibility index (Phi) is 3.25. The minimum absolute atomic E-state index is 0.0928. The highest BCUT2D eigenvalue weighted by atomic mass is 32.2. The standard InChI is InChI=1S/C10H11BN2O4S/c1-8-7-10(11(14)15)12-13(8)18(16,17)9-5-3-2-4-6-9/h2-7,14-15H,1H3. The van der Waals surface area contributed by atoms with E-state index in [9.17, 15) is 8.42 Å². The molecule has 0 fully saturated rings. The van der Waals surface area contributed by atoms with Gasteiger partial charge in [0.2, 0.25) is 0 Å². The first-order valence-electron chi connectivity index (χ1n) is 5.16. The molecule has 0 saturated carbocycles. The number of benzene rings is 1. The monoisotopic (exact) mass is 266 g/mol. The third kappa shape index (κ3) is 2.17. The van der Waals surface area contributed by atoms with Crippen LogP contribution in [0.15, 0.2) is 41.3 Å². The van der Waals surface area contributed by atoms with E-state index in [0.29, 0.717) is 5.69 Å². The lowest BCUT2D eigenvalue weighted by Gasteiger charge is -2.05. The van der Waals surface area contributed by atoms with Crippen molar-refractivity contribution in [2.24, 2.45) is 0 Å². The largest absolute Gasteiger partial charge is 0.510 e. The molecule has 0 aliphatic carbocycles. The van der Waals surface area contributed by atoms with Gasteiger partial charge in [-0.15, -0.1) is 0 Å². The molecule has 0 radical (unpaired) electrons. The molecular weight excluding hydrogens is 255 g/mol. The third-order valence-electron chi connectivity index (χ3n) is 2.40. The normalized spacial score (nSPS) is 11.5. The van der Waals surface area contributed by atoms with E-state index < -0.39 is 17.1 Å². The van der Waals surface area contributed by atoms with Crippen LogP contribution in [-0.2, 0) is 10.0 Å². The number of hydrogen-bond acceptors (Lipinski definition) is 5. The fraction of sp³-hybridized carbons (Fsp3) is 0.100. The highest BCUT2D eigenvalue weighted by Gasteiger charge is 2.24. The Bertz CT molecular complexity index is 652. The van der Waals surface area contributed by atoms with E-state index in [1.54, 1.807) is 18.2 Å². The minimum atomic E-state index is -3.80. The van der Waals surface area contributed by atoms with E-state index in [4.69, 9.17) is 10.0 Å². The van der Waals surface area contributed by atoms with Crippen LogP contribution in [0, 0.1) is 6.92 Å². The molecule has 2 aromatic rings. The van der Waals surface area contributed by atoms with Crippen LogP contribution in [-0.4, -0.2) is 34.8 Å². The van der Waals surface area contributed by atoms with Crippen molar-refractivity contribution >= 4 is 22.7 Å². The zero-order chi connectivity index (χ0) is 13.3. The first kappa shape index (κ1) is 12.8. The molecule has 2 rings (SSSR count). The van der Waals surface area contributed by atoms with Crippen molar-refractivity contribution in [3.05, 3.63) is 42.1 Å². The first-order chi connectivity index (χ1) is 8.43. The van der Waals surface area contributed by atoms with Gasteiger partial charge in [0.1, 0.15) is 0 Å². The van der Waals surface area contributed by atoms with E-state index >= 15 is 0 Å². The number of aryl methyl sites for hydroxylation is 1. The van der Waals surface area contributed by atoms with E-state index in [0.717, 1.165) is 4.09 Å². The van der Waals surface area contributed by atoms with Crippen LogP contribution in [0.1, 0.15) is 5.69 Å². The van der Waals surface area contributed by atoms with Gasteiger partial charge in [-0.2, -0.15) is 17.6 Å². The SMILES string of the molecule is Cc1cc(B(O)O)nn1S(=O)(=O)c1ccccc1. The van der Waals surface area contributed by atoms with Crippen LogP contribution < -0.4 is 5.59 Å². The molecule has 2 N–H and O–H groups in total. The Morgan fingerprint density at radius 3 is 2.33 bits per heavy atom. The number of rotatable bonds is 3. The van der Waals surface area contributed by atoms with Gasteiger partial charge in [-0.05, 0) is 25.1 Å². The van der Waals surface area contributed by atoms with Crippen LogP contribution >= 0.6 is 0 Å². The van der Waals surface area contributed by atoms with Crippen molar-refractivity contribution in [3.8, 4) is 0 Å². The van der Waals surface area contributed by atoms with Gasteiger partial charge in [-0.1, -0.05) is 18.2 Å². The zero-order valence-corrected chi connectivity index (χ0v) is 10.4. The molecule has 1 heterocycles. The van der Waals surface area contributed by atoms with Gasteiger partial charge in [0, 0.05) is 0 Å². The van der Waals surface area contributed by atoms with Crippen molar-refractivity contribution < 1.29 is 18.5 Å². The molecule has 0 bridgehead atoms. The summed E-state index contributed by atoms with van der Waals surface area (Å²) >= 11 is 0. The molecule has 0 saturated heterocycles. The Morgan fingerprint density at radius 1 is 1.22 bits per heavy atom. The molecule has 0 aliphatic rings. The second-order valence-corrected chi connectivity index (χ2v) is 5.51. The Hall–Kier alpha value is -1.64. The van der Waals surface area contributed by atoms with E-state index in [1.807, 2.05) is 0 Å². The molecular formula is C10H11BN2O4S. The summed E-state index contributed by atoms with van der Waals surface area (Å²) in [5.74, 6) is 0. The van der Waals surface area contributed by atoms with E-state index in [2.05, 4.69) is 5.10 Å². The van der Waals surface area contributed by atoms with Crippen molar-refractivity contribution in [1.29, 1.82) is 0 Å². The minimum Gasteiger partial charge on any atom is -0.422 e. The Balaban J connectivity index is 2.55. The van der Waals surface area contributed by atoms with Gasteiger partial charge in [-0.3, -0.25) is 0 Å². The van der Waals surface area contributed by atoms with Gasteiger partial charge in [0.15, 0.2) is 0 Å². The maximum absolute atomic E-state index is 12.2. The second kappa shape index (κ2) is 4.56. The Labute approximate surface area is 105 Å². The highest BCUT2D eigenvalue weighted by Crippen LogP contribution is 2.13. The second-order valence-electron chi connectivity index (χ2n) is 3.75. The smallest absolute Gasteiger partial charge is 0.422 e. The van der Waals surface area contributed by atoms with Crippen LogP contribution in [0.5, 0.6) is 0 Å². The van der Waals surface area contributed by atoms with Crippen LogP contribution in [0.25, 0.3) is 0 Å². The molecule has 1 aromatic carbocycles. The summed E-state index contributed by atoms with van der Waals surface area (Å²) in [4.78, 5) is 0.0928. The predicted octanol–water partition coefficient (Wildman–Crippen LogP) is -0.892. The number of hydrogen-bond donors (Lipinski definition) is 2. The van der Waals surface area contributed by atoms with Crippen molar-refractivity contribution in [3.63, 3.8) is 0 Å². The lowest BCUT2D eigenvalue weighted by molar-refractivity contribution is 0.424. The Morgan fingerprint density at radius 2 is 1.83 bits per heavy atom. The number of aromatic nitrogens is 2. The topological polar surface area (TPSA) is 92.4 Å². The zero-order valence-electron chi connectivity index (χ0n) is 9.56. The molecule has 0 spiro atoms. The maximum Gasteiger partial charge on any atom is 0.510 e. The van der Waals surface area contributed by atoms with Crippen molar-refractivity contribution in [2.75, 3.05) is 0 Å². The quantitative estimate of drug-likeness (QED) is 0.703. The van der Waals surface area contributed by atoms with E-state index in [1.165, 1.54) is 25.1 Å². The summed E-state index contributed by atoms with van der Waals surface area (Å²) in [6, 6.07) is 9.13. The van der Waals surface area contributed by atoms with Gasteiger partial charge < -0.3 is 10.0 Å². The van der Waals surface area contributed by atoms with Crippen LogP contribution in [0.4, 0.5) is 0 Å².